The van der Waals surface area contributed by atoms with Gasteiger partial charge in [0.2, 0.25) is 0 Å². The topological polar surface area (TPSA) is 93.5 Å². The summed E-state index contributed by atoms with van der Waals surface area (Å²) in [4.78, 5) is 29.3. The Morgan fingerprint density at radius 1 is 0.771 bits per heavy atom. The fourth-order valence-corrected chi connectivity index (χ4v) is 6.56. The molecule has 1 aromatic heterocycles. The standard InChI is InChI=1S/C41H39N3O4/c1-4-48-38(45)26-42-39(46)32-21-20-31-25-36(23-22-30(31)24-32)41(47,29(2)3)37-27-44(28-43-37)40(33-14-8-5-9-15-33,34-16-10-6-11-17-34)35-18-12-7-13-19-35/h5-25,27-29,47H,4,26H2,1-3H3,(H,42,46). The van der Waals surface area contributed by atoms with Crippen LogP contribution in [0.15, 0.2) is 140 Å². The van der Waals surface area contributed by atoms with E-state index in [4.69, 9.17) is 9.72 Å². The number of ether oxygens (including phenoxy) is 1. The van der Waals surface area contributed by atoms with Crippen LogP contribution in [0.3, 0.4) is 0 Å². The van der Waals surface area contributed by atoms with E-state index in [1.807, 2.05) is 105 Å². The molecule has 6 rings (SSSR count). The molecule has 0 radical (unpaired) electrons. The zero-order valence-corrected chi connectivity index (χ0v) is 27.3. The first kappa shape index (κ1) is 32.4. The molecule has 0 saturated heterocycles. The van der Waals surface area contributed by atoms with Crippen molar-refractivity contribution in [2.75, 3.05) is 13.2 Å². The van der Waals surface area contributed by atoms with Crippen molar-refractivity contribution in [1.82, 2.24) is 14.9 Å². The third-order valence-corrected chi connectivity index (χ3v) is 9.01. The van der Waals surface area contributed by atoms with E-state index in [1.165, 1.54) is 0 Å². The first-order valence-corrected chi connectivity index (χ1v) is 16.2. The van der Waals surface area contributed by atoms with Gasteiger partial charge >= 0.3 is 5.97 Å². The van der Waals surface area contributed by atoms with Crippen LogP contribution < -0.4 is 5.32 Å². The Balaban J connectivity index is 1.43. The van der Waals surface area contributed by atoms with Gasteiger partial charge in [-0.05, 0) is 64.1 Å². The molecule has 1 unspecified atom stereocenters. The van der Waals surface area contributed by atoms with E-state index >= 15 is 0 Å². The van der Waals surface area contributed by atoms with E-state index in [9.17, 15) is 14.7 Å². The second-order valence-corrected chi connectivity index (χ2v) is 12.2. The van der Waals surface area contributed by atoms with E-state index in [-0.39, 0.29) is 25.0 Å². The Hall–Kier alpha value is -5.53. The maximum Gasteiger partial charge on any atom is 0.325 e. The number of esters is 1. The monoisotopic (exact) mass is 637 g/mol. The summed E-state index contributed by atoms with van der Waals surface area (Å²) in [6, 6.07) is 42.2. The van der Waals surface area contributed by atoms with Gasteiger partial charge in [-0.25, -0.2) is 4.98 Å². The van der Waals surface area contributed by atoms with Crippen LogP contribution in [0.5, 0.6) is 0 Å². The van der Waals surface area contributed by atoms with Crippen LogP contribution in [0, 0.1) is 5.92 Å². The molecule has 1 heterocycles. The molecule has 48 heavy (non-hydrogen) atoms. The predicted molar refractivity (Wildman–Crippen MR) is 188 cm³/mol. The van der Waals surface area contributed by atoms with Crippen LogP contribution in [0.2, 0.25) is 0 Å². The lowest BCUT2D eigenvalue weighted by Crippen LogP contribution is -2.37. The van der Waals surface area contributed by atoms with Crippen molar-refractivity contribution >= 4 is 22.6 Å². The van der Waals surface area contributed by atoms with E-state index in [2.05, 4.69) is 46.3 Å². The lowest BCUT2D eigenvalue weighted by atomic mass is 9.76. The number of imidazole rings is 1. The number of hydrogen-bond acceptors (Lipinski definition) is 5. The van der Waals surface area contributed by atoms with Crippen molar-refractivity contribution in [3.63, 3.8) is 0 Å². The van der Waals surface area contributed by atoms with Gasteiger partial charge in [-0.1, -0.05) is 123 Å². The number of hydrogen-bond donors (Lipinski definition) is 2. The van der Waals surface area contributed by atoms with Gasteiger partial charge in [-0.2, -0.15) is 0 Å². The zero-order valence-electron chi connectivity index (χ0n) is 27.3. The fourth-order valence-electron chi connectivity index (χ4n) is 6.56. The van der Waals surface area contributed by atoms with Crippen molar-refractivity contribution < 1.29 is 19.4 Å². The minimum Gasteiger partial charge on any atom is -0.465 e. The molecule has 0 aliphatic carbocycles. The molecule has 242 valence electrons. The number of carbonyl (C=O) groups excluding carboxylic acids is 2. The molecule has 0 spiro atoms. The third kappa shape index (κ3) is 5.89. The molecular formula is C41H39N3O4. The van der Waals surface area contributed by atoms with Crippen LogP contribution in [-0.4, -0.2) is 39.7 Å². The molecule has 1 atom stereocenters. The number of amides is 1. The number of aliphatic hydroxyl groups is 1. The first-order chi connectivity index (χ1) is 23.3. The Labute approximate surface area is 280 Å². The Morgan fingerprint density at radius 3 is 1.85 bits per heavy atom. The molecule has 7 nitrogen and oxygen atoms in total. The highest BCUT2D eigenvalue weighted by molar-refractivity contribution is 5.99. The predicted octanol–water partition coefficient (Wildman–Crippen LogP) is 7.06. The van der Waals surface area contributed by atoms with E-state index in [0.717, 1.165) is 27.5 Å². The van der Waals surface area contributed by atoms with Gasteiger partial charge in [0, 0.05) is 11.8 Å². The van der Waals surface area contributed by atoms with Gasteiger partial charge in [-0.15, -0.1) is 0 Å². The van der Waals surface area contributed by atoms with Crippen molar-refractivity contribution in [1.29, 1.82) is 0 Å². The number of rotatable bonds is 11. The molecule has 0 aliphatic heterocycles. The molecule has 2 N–H and O–H groups in total. The summed E-state index contributed by atoms with van der Waals surface area (Å²) in [6.45, 7) is 5.75. The molecule has 1 amide bonds. The summed E-state index contributed by atoms with van der Waals surface area (Å²) < 4.78 is 7.01. The molecule has 0 bridgehead atoms. The van der Waals surface area contributed by atoms with Gasteiger partial charge in [0.15, 0.2) is 0 Å². The highest BCUT2D eigenvalue weighted by Gasteiger charge is 2.42. The average Bonchev–Trinajstić information content (AvgIpc) is 3.62. The van der Waals surface area contributed by atoms with Crippen LogP contribution in [0.1, 0.15) is 59.1 Å². The number of benzene rings is 5. The second-order valence-electron chi connectivity index (χ2n) is 12.2. The SMILES string of the molecule is CCOC(=O)CNC(=O)c1ccc2cc(C(O)(c3cn(C(c4ccccc4)(c4ccccc4)c4ccccc4)cn3)C(C)C)ccc2c1. The van der Waals surface area contributed by atoms with Gasteiger partial charge in [-0.3, -0.25) is 9.59 Å². The van der Waals surface area contributed by atoms with Gasteiger partial charge in [0.05, 0.1) is 18.6 Å². The highest BCUT2D eigenvalue weighted by Crippen LogP contribution is 2.43. The summed E-state index contributed by atoms with van der Waals surface area (Å²) in [5.74, 6) is -1.08. The molecule has 5 aromatic carbocycles. The lowest BCUT2D eigenvalue weighted by Gasteiger charge is -2.37. The quantitative estimate of drug-likeness (QED) is 0.117. The third-order valence-electron chi connectivity index (χ3n) is 9.01. The number of aromatic nitrogens is 2. The van der Waals surface area contributed by atoms with Crippen LogP contribution in [0.25, 0.3) is 10.8 Å². The van der Waals surface area contributed by atoms with E-state index in [0.29, 0.717) is 16.8 Å². The van der Waals surface area contributed by atoms with E-state index < -0.39 is 17.1 Å². The lowest BCUT2D eigenvalue weighted by molar-refractivity contribution is -0.141. The first-order valence-electron chi connectivity index (χ1n) is 16.2. The fraction of sp³-hybridized carbons (Fsp3) is 0.195. The smallest absolute Gasteiger partial charge is 0.325 e. The maximum absolute atomic E-state index is 12.7. The molecule has 7 heteroatoms. The van der Waals surface area contributed by atoms with Crippen molar-refractivity contribution in [2.24, 2.45) is 5.92 Å². The molecule has 0 fully saturated rings. The average molecular weight is 638 g/mol. The zero-order chi connectivity index (χ0) is 33.7. The van der Waals surface area contributed by atoms with Crippen molar-refractivity contribution in [3.05, 3.63) is 173 Å². The van der Waals surface area contributed by atoms with Gasteiger partial charge in [0.25, 0.3) is 5.91 Å². The van der Waals surface area contributed by atoms with Crippen LogP contribution in [0.4, 0.5) is 0 Å². The summed E-state index contributed by atoms with van der Waals surface area (Å²) in [5, 5.41) is 16.9. The van der Waals surface area contributed by atoms with Gasteiger partial charge in [0.1, 0.15) is 17.7 Å². The van der Waals surface area contributed by atoms with E-state index in [1.54, 1.807) is 19.1 Å². The Bertz CT molecular complexity index is 1930. The normalized spacial score (nSPS) is 12.9. The largest absolute Gasteiger partial charge is 0.465 e. The van der Waals surface area contributed by atoms with Crippen LogP contribution in [-0.2, 0) is 20.7 Å². The van der Waals surface area contributed by atoms with Crippen LogP contribution >= 0.6 is 0 Å². The number of nitrogens with zero attached hydrogens (tertiary/aromatic N) is 2. The number of fused-ring (bicyclic) bond motifs is 1. The summed E-state index contributed by atoms with van der Waals surface area (Å²) >= 11 is 0. The minimum atomic E-state index is -1.43. The molecular weight excluding hydrogens is 598 g/mol. The highest BCUT2D eigenvalue weighted by atomic mass is 16.5. The van der Waals surface area contributed by atoms with Gasteiger partial charge < -0.3 is 19.7 Å². The number of nitrogens with one attached hydrogen (secondary N) is 1. The van der Waals surface area contributed by atoms with Crippen molar-refractivity contribution in [3.8, 4) is 0 Å². The second kappa shape index (κ2) is 13.7. The Morgan fingerprint density at radius 2 is 1.31 bits per heavy atom. The molecule has 0 saturated carbocycles. The summed E-state index contributed by atoms with van der Waals surface area (Å²) in [7, 11) is 0. The molecule has 6 aromatic rings. The summed E-state index contributed by atoms with van der Waals surface area (Å²) in [6.07, 6.45) is 3.78. The molecule has 0 aliphatic rings. The van der Waals surface area contributed by atoms with Crippen molar-refractivity contribution in [2.45, 2.75) is 31.9 Å². The number of carbonyl (C=O) groups is 2. The minimum absolute atomic E-state index is 0.197. The summed E-state index contributed by atoms with van der Waals surface area (Å²) in [5.41, 5.74) is 2.65. The maximum atomic E-state index is 12.7. The Kier molecular flexibility index (Phi) is 9.24.